The highest BCUT2D eigenvalue weighted by Crippen LogP contribution is 2.46. The van der Waals surface area contributed by atoms with E-state index in [2.05, 4.69) is 51.1 Å². The number of hydrogen-bond acceptors (Lipinski definition) is 6. The third-order valence-electron chi connectivity index (χ3n) is 7.89. The Morgan fingerprint density at radius 2 is 1.33 bits per heavy atom. The zero-order valence-electron chi connectivity index (χ0n) is 25.9. The molecule has 1 saturated heterocycles. The van der Waals surface area contributed by atoms with E-state index in [0.717, 1.165) is 17.7 Å². The second-order valence-electron chi connectivity index (χ2n) is 11.3. The SMILES string of the molecule is CCCCCCCCc1cc(/C=C2/SC(=S)N(CC)C2=O)sc1-c1cc(CCCCCCCC)c(-c2ccc(C)s2)s1. The maximum absolute atomic E-state index is 13.0. The standard InChI is InChI=1S/C35H47NOS5/c1-5-8-10-12-14-16-18-26-22-28(24-31-34(37)36(7-3)35(38)42-31)40-33(26)30-23-27(19-17-15-13-11-9-6-2)32(41-30)29-21-20-25(4)39-29/h20-24H,5-19H2,1-4H3/b31-24+. The van der Waals surface area contributed by atoms with Gasteiger partial charge in [0, 0.05) is 35.8 Å². The number of unbranched alkanes of at least 4 members (excludes halogenated alkanes) is 10. The highest BCUT2D eigenvalue weighted by molar-refractivity contribution is 8.26. The molecule has 0 bridgehead atoms. The van der Waals surface area contributed by atoms with Crippen LogP contribution in [0, 0.1) is 6.92 Å². The number of aryl methyl sites for hydroxylation is 3. The van der Waals surface area contributed by atoms with E-state index in [1.807, 2.05) is 40.9 Å². The number of nitrogens with zero attached hydrogens (tertiary/aromatic N) is 1. The van der Waals surface area contributed by atoms with Gasteiger partial charge in [0.1, 0.15) is 4.32 Å². The van der Waals surface area contributed by atoms with Gasteiger partial charge in [0.25, 0.3) is 5.91 Å². The van der Waals surface area contributed by atoms with Crippen LogP contribution < -0.4 is 0 Å². The molecule has 3 aromatic rings. The van der Waals surface area contributed by atoms with Crippen LogP contribution in [0.1, 0.15) is 119 Å². The minimum atomic E-state index is 0.0487. The number of thioether (sulfide) groups is 1. The molecule has 7 heteroatoms. The molecule has 0 atom stereocenters. The van der Waals surface area contributed by atoms with E-state index in [4.69, 9.17) is 12.2 Å². The van der Waals surface area contributed by atoms with Gasteiger partial charge in [0.15, 0.2) is 0 Å². The zero-order chi connectivity index (χ0) is 29.9. The normalized spacial score (nSPS) is 14.7. The van der Waals surface area contributed by atoms with Gasteiger partial charge in [-0.3, -0.25) is 9.69 Å². The number of amides is 1. The number of thiocarbonyl (C=S) groups is 1. The van der Waals surface area contributed by atoms with Gasteiger partial charge in [-0.05, 0) is 81.0 Å². The Labute approximate surface area is 276 Å². The van der Waals surface area contributed by atoms with Gasteiger partial charge >= 0.3 is 0 Å². The van der Waals surface area contributed by atoms with Gasteiger partial charge < -0.3 is 0 Å². The molecule has 228 valence electrons. The highest BCUT2D eigenvalue weighted by Gasteiger charge is 2.31. The molecule has 1 fully saturated rings. The fourth-order valence-corrected chi connectivity index (χ4v) is 10.5. The maximum atomic E-state index is 13.0. The molecule has 42 heavy (non-hydrogen) atoms. The number of rotatable bonds is 18. The summed E-state index contributed by atoms with van der Waals surface area (Å²) in [5.41, 5.74) is 2.95. The molecule has 1 aliphatic heterocycles. The lowest BCUT2D eigenvalue weighted by Gasteiger charge is -2.09. The van der Waals surface area contributed by atoms with Crippen molar-refractivity contribution in [1.29, 1.82) is 0 Å². The lowest BCUT2D eigenvalue weighted by atomic mass is 10.0. The van der Waals surface area contributed by atoms with Crippen LogP contribution in [0.25, 0.3) is 25.6 Å². The van der Waals surface area contributed by atoms with E-state index in [1.54, 1.807) is 4.90 Å². The van der Waals surface area contributed by atoms with Crippen LogP contribution in [0.15, 0.2) is 29.2 Å². The number of hydrogen-bond donors (Lipinski definition) is 0. The van der Waals surface area contributed by atoms with Crippen molar-refractivity contribution in [3.63, 3.8) is 0 Å². The second-order valence-corrected chi connectivity index (χ2v) is 16.4. The van der Waals surface area contributed by atoms with Gasteiger partial charge in [0.2, 0.25) is 0 Å². The molecule has 1 aliphatic rings. The molecule has 0 radical (unpaired) electrons. The first kappa shape index (κ1) is 33.6. The summed E-state index contributed by atoms with van der Waals surface area (Å²) < 4.78 is 0.673. The Bertz CT molecular complexity index is 1340. The smallest absolute Gasteiger partial charge is 0.266 e. The molecular weight excluding hydrogens is 611 g/mol. The summed E-state index contributed by atoms with van der Waals surface area (Å²) in [5.74, 6) is 0.0487. The van der Waals surface area contributed by atoms with E-state index < -0.39 is 0 Å². The molecule has 3 aromatic heterocycles. The first-order valence-electron chi connectivity index (χ1n) is 16.0. The first-order valence-corrected chi connectivity index (χ1v) is 19.7. The molecule has 0 N–H and O–H groups in total. The van der Waals surface area contributed by atoms with E-state index in [9.17, 15) is 4.79 Å². The molecule has 0 aliphatic carbocycles. The average Bonchev–Trinajstić information content (AvgIpc) is 3.74. The molecule has 4 heterocycles. The quantitative estimate of drug-likeness (QED) is 0.0771. The minimum absolute atomic E-state index is 0.0487. The van der Waals surface area contributed by atoms with Gasteiger partial charge in [-0.15, -0.1) is 34.0 Å². The second kappa shape index (κ2) is 17.3. The van der Waals surface area contributed by atoms with Crippen molar-refractivity contribution < 1.29 is 4.79 Å². The van der Waals surface area contributed by atoms with Crippen LogP contribution in [0.3, 0.4) is 0 Å². The van der Waals surface area contributed by atoms with Crippen molar-refractivity contribution in [2.75, 3.05) is 6.54 Å². The largest absolute Gasteiger partial charge is 0.293 e. The van der Waals surface area contributed by atoms with Crippen molar-refractivity contribution in [3.05, 3.63) is 50.1 Å². The van der Waals surface area contributed by atoms with Crippen LogP contribution in [-0.2, 0) is 17.6 Å². The predicted octanol–water partition coefficient (Wildman–Crippen LogP) is 12.5. The van der Waals surface area contributed by atoms with Gasteiger partial charge in [-0.1, -0.05) is 102 Å². The summed E-state index contributed by atoms with van der Waals surface area (Å²) in [6.07, 6.45) is 20.1. The molecule has 0 spiro atoms. The van der Waals surface area contributed by atoms with Crippen LogP contribution >= 0.6 is 58.0 Å². The molecule has 0 aromatic carbocycles. The fraction of sp³-hybridized carbons (Fsp3) is 0.543. The lowest BCUT2D eigenvalue weighted by Crippen LogP contribution is -2.27. The van der Waals surface area contributed by atoms with Crippen LogP contribution in [-0.4, -0.2) is 21.7 Å². The van der Waals surface area contributed by atoms with Gasteiger partial charge in [-0.25, -0.2) is 0 Å². The molecular formula is C35H47NOS5. The number of likely N-dealkylation sites (N-methyl/N-ethyl adjacent to an activating group) is 1. The summed E-state index contributed by atoms with van der Waals surface area (Å²) in [7, 11) is 0. The van der Waals surface area contributed by atoms with Crippen molar-refractivity contribution >= 4 is 74.3 Å². The first-order chi connectivity index (χ1) is 20.4. The van der Waals surface area contributed by atoms with Gasteiger partial charge in [-0.2, -0.15) is 0 Å². The van der Waals surface area contributed by atoms with E-state index in [-0.39, 0.29) is 5.91 Å². The summed E-state index contributed by atoms with van der Waals surface area (Å²) in [6, 6.07) is 9.42. The Hall–Kier alpha value is -1.25. The summed E-state index contributed by atoms with van der Waals surface area (Å²) in [5, 5.41) is 0. The molecule has 4 rings (SSSR count). The average molecular weight is 658 g/mol. The number of carbonyl (C=O) groups excluding carboxylic acids is 1. The number of carbonyl (C=O) groups is 1. The summed E-state index contributed by atoms with van der Waals surface area (Å²) in [4.78, 5) is 23.6. The van der Waals surface area contributed by atoms with Gasteiger partial charge in [0.05, 0.1) is 4.91 Å². The Morgan fingerprint density at radius 1 is 0.738 bits per heavy atom. The van der Waals surface area contributed by atoms with Crippen molar-refractivity contribution in [1.82, 2.24) is 4.90 Å². The third kappa shape index (κ3) is 9.13. The zero-order valence-corrected chi connectivity index (χ0v) is 30.0. The van der Waals surface area contributed by atoms with Crippen LogP contribution in [0.5, 0.6) is 0 Å². The summed E-state index contributed by atoms with van der Waals surface area (Å²) in [6.45, 7) is 9.39. The Kier molecular flexibility index (Phi) is 13.9. The van der Waals surface area contributed by atoms with E-state index in [0.29, 0.717) is 10.9 Å². The Balaban J connectivity index is 1.62. The monoisotopic (exact) mass is 657 g/mol. The molecule has 1 amide bonds. The van der Waals surface area contributed by atoms with Crippen molar-refractivity contribution in [2.45, 2.75) is 118 Å². The fourth-order valence-electron chi connectivity index (χ4n) is 5.50. The van der Waals surface area contributed by atoms with Crippen LogP contribution in [0.2, 0.25) is 0 Å². The maximum Gasteiger partial charge on any atom is 0.266 e. The molecule has 2 nitrogen and oxygen atoms in total. The third-order valence-corrected chi connectivity index (χ3v) is 12.9. The summed E-state index contributed by atoms with van der Waals surface area (Å²) >= 11 is 12.7. The predicted molar refractivity (Wildman–Crippen MR) is 195 cm³/mol. The minimum Gasteiger partial charge on any atom is -0.293 e. The van der Waals surface area contributed by atoms with E-state index in [1.165, 1.54) is 129 Å². The highest BCUT2D eigenvalue weighted by atomic mass is 32.2. The lowest BCUT2D eigenvalue weighted by molar-refractivity contribution is -0.121. The van der Waals surface area contributed by atoms with Crippen molar-refractivity contribution in [2.24, 2.45) is 0 Å². The van der Waals surface area contributed by atoms with Crippen LogP contribution in [0.4, 0.5) is 0 Å². The molecule has 0 saturated carbocycles. The topological polar surface area (TPSA) is 20.3 Å². The Morgan fingerprint density at radius 3 is 1.90 bits per heavy atom. The molecule has 0 unspecified atom stereocenters. The van der Waals surface area contributed by atoms with Crippen molar-refractivity contribution in [3.8, 4) is 19.5 Å². The van der Waals surface area contributed by atoms with E-state index >= 15 is 0 Å². The number of thiophene rings is 3.